The summed E-state index contributed by atoms with van der Waals surface area (Å²) < 4.78 is 25.2. The van der Waals surface area contributed by atoms with Crippen molar-refractivity contribution in [1.29, 1.82) is 0 Å². The molecule has 1 aromatic heterocycles. The predicted molar refractivity (Wildman–Crippen MR) is 81.1 cm³/mol. The Labute approximate surface area is 129 Å². The van der Waals surface area contributed by atoms with Gasteiger partial charge in [0.2, 0.25) is 0 Å². The number of halogens is 2. The van der Waals surface area contributed by atoms with Crippen molar-refractivity contribution in [2.45, 2.75) is 69.2 Å². The fourth-order valence-corrected chi connectivity index (χ4v) is 4.74. The van der Waals surface area contributed by atoms with E-state index in [0.717, 1.165) is 25.7 Å². The molecule has 0 aliphatic heterocycles. The summed E-state index contributed by atoms with van der Waals surface area (Å²) in [5.74, 6) is -0.0388. The Balaban J connectivity index is 2.49. The number of aromatic nitrogens is 2. The van der Waals surface area contributed by atoms with Crippen LogP contribution in [-0.2, 0) is 9.05 Å². The van der Waals surface area contributed by atoms with Crippen LogP contribution in [0.4, 0.5) is 0 Å². The second kappa shape index (κ2) is 6.24. The van der Waals surface area contributed by atoms with Crippen molar-refractivity contribution in [1.82, 2.24) is 9.78 Å². The Morgan fingerprint density at radius 1 is 1.20 bits per heavy atom. The van der Waals surface area contributed by atoms with Crippen LogP contribution in [0.5, 0.6) is 0 Å². The molecule has 7 heteroatoms. The molecular formula is C13H20Cl2N2O2S. The molecule has 0 aromatic carbocycles. The van der Waals surface area contributed by atoms with E-state index in [1.165, 1.54) is 12.8 Å². The first-order valence-corrected chi connectivity index (χ1v) is 9.73. The van der Waals surface area contributed by atoms with Crippen molar-refractivity contribution in [3.05, 3.63) is 10.8 Å². The van der Waals surface area contributed by atoms with Crippen molar-refractivity contribution >= 4 is 31.3 Å². The normalized spacial score (nSPS) is 18.4. The van der Waals surface area contributed by atoms with Gasteiger partial charge in [-0.3, -0.25) is 0 Å². The van der Waals surface area contributed by atoms with Gasteiger partial charge in [0.1, 0.15) is 10.0 Å². The quantitative estimate of drug-likeness (QED) is 0.602. The molecule has 0 saturated heterocycles. The monoisotopic (exact) mass is 338 g/mol. The molecule has 1 aliphatic carbocycles. The minimum Gasteiger partial charge on any atom is -0.249 e. The standard InChI is InChI=1S/C13H20Cl2N2O2S/c1-9(2)11-12(20(15,18)19)13(14)17(16-11)10-7-5-3-4-6-8-10/h9-10H,3-8H2,1-2H3. The smallest absolute Gasteiger partial charge is 0.249 e. The summed E-state index contributed by atoms with van der Waals surface area (Å²) in [7, 11) is 1.65. The molecule has 4 nitrogen and oxygen atoms in total. The van der Waals surface area contributed by atoms with Crippen LogP contribution in [0, 0.1) is 0 Å². The van der Waals surface area contributed by atoms with E-state index in [2.05, 4.69) is 5.10 Å². The van der Waals surface area contributed by atoms with Gasteiger partial charge in [-0.2, -0.15) is 5.10 Å². The molecule has 1 aliphatic rings. The van der Waals surface area contributed by atoms with E-state index in [0.29, 0.717) is 5.69 Å². The summed E-state index contributed by atoms with van der Waals surface area (Å²) in [5, 5.41) is 4.62. The summed E-state index contributed by atoms with van der Waals surface area (Å²) in [6, 6.07) is 0.176. The van der Waals surface area contributed by atoms with Gasteiger partial charge in [-0.05, 0) is 18.8 Å². The highest BCUT2D eigenvalue weighted by Gasteiger charge is 2.30. The molecule has 0 bridgehead atoms. The molecule has 0 atom stereocenters. The van der Waals surface area contributed by atoms with E-state index in [4.69, 9.17) is 22.3 Å². The zero-order valence-electron chi connectivity index (χ0n) is 11.8. The predicted octanol–water partition coefficient (Wildman–Crippen LogP) is 4.48. The summed E-state index contributed by atoms with van der Waals surface area (Å²) in [6.45, 7) is 3.78. The van der Waals surface area contributed by atoms with Gasteiger partial charge in [0, 0.05) is 10.7 Å². The molecule has 1 heterocycles. The second-order valence-corrected chi connectivity index (χ2v) is 8.55. The molecule has 0 radical (unpaired) electrons. The molecule has 1 fully saturated rings. The van der Waals surface area contributed by atoms with Crippen LogP contribution in [0.1, 0.15) is 70.0 Å². The third kappa shape index (κ3) is 3.31. The molecule has 0 spiro atoms. The molecule has 114 valence electrons. The van der Waals surface area contributed by atoms with Crippen molar-refractivity contribution in [2.75, 3.05) is 0 Å². The summed E-state index contributed by atoms with van der Waals surface area (Å²) in [5.41, 5.74) is 0.467. The van der Waals surface area contributed by atoms with E-state index in [1.54, 1.807) is 4.68 Å². The zero-order valence-corrected chi connectivity index (χ0v) is 14.1. The Bertz CT molecular complexity index is 573. The Kier molecular flexibility index (Phi) is 5.03. The Morgan fingerprint density at radius 3 is 2.15 bits per heavy atom. The lowest BCUT2D eigenvalue weighted by Crippen LogP contribution is -2.10. The first-order valence-electron chi connectivity index (χ1n) is 7.05. The number of hydrogen-bond acceptors (Lipinski definition) is 3. The maximum absolute atomic E-state index is 11.8. The van der Waals surface area contributed by atoms with Crippen molar-refractivity contribution in [2.24, 2.45) is 0 Å². The fraction of sp³-hybridized carbons (Fsp3) is 0.769. The van der Waals surface area contributed by atoms with Crippen LogP contribution in [0.2, 0.25) is 5.15 Å². The summed E-state index contributed by atoms with van der Waals surface area (Å²) >= 11 is 6.28. The van der Waals surface area contributed by atoms with Crippen LogP contribution >= 0.6 is 22.3 Å². The highest BCUT2D eigenvalue weighted by molar-refractivity contribution is 8.13. The molecular weight excluding hydrogens is 319 g/mol. The van der Waals surface area contributed by atoms with Gasteiger partial charge < -0.3 is 0 Å². The number of hydrogen-bond donors (Lipinski definition) is 0. The van der Waals surface area contributed by atoms with Crippen molar-refractivity contribution < 1.29 is 8.42 Å². The van der Waals surface area contributed by atoms with Gasteiger partial charge in [0.25, 0.3) is 9.05 Å². The van der Waals surface area contributed by atoms with E-state index in [-0.39, 0.29) is 22.0 Å². The maximum Gasteiger partial charge on any atom is 0.266 e. The minimum absolute atomic E-state index is 0.0138. The van der Waals surface area contributed by atoms with Gasteiger partial charge >= 0.3 is 0 Å². The molecule has 0 unspecified atom stereocenters. The van der Waals surface area contributed by atoms with Crippen LogP contribution in [0.25, 0.3) is 0 Å². The highest BCUT2D eigenvalue weighted by Crippen LogP contribution is 2.37. The Morgan fingerprint density at radius 2 is 1.75 bits per heavy atom. The lowest BCUT2D eigenvalue weighted by atomic mass is 10.1. The number of rotatable bonds is 3. The first kappa shape index (κ1) is 16.1. The third-order valence-electron chi connectivity index (χ3n) is 3.80. The largest absolute Gasteiger partial charge is 0.266 e. The first-order chi connectivity index (χ1) is 9.32. The third-order valence-corrected chi connectivity index (χ3v) is 5.63. The van der Waals surface area contributed by atoms with Gasteiger partial charge in [-0.25, -0.2) is 13.1 Å². The van der Waals surface area contributed by atoms with Gasteiger partial charge in [0.05, 0.1) is 11.7 Å². The average molecular weight is 339 g/mol. The average Bonchev–Trinajstić information content (AvgIpc) is 2.54. The van der Waals surface area contributed by atoms with Crippen LogP contribution in [-0.4, -0.2) is 18.2 Å². The SMILES string of the molecule is CC(C)c1nn(C2CCCCCC2)c(Cl)c1S(=O)(=O)Cl. The summed E-state index contributed by atoms with van der Waals surface area (Å²) in [4.78, 5) is -0.0138. The van der Waals surface area contributed by atoms with E-state index in [1.807, 2.05) is 13.8 Å². The molecule has 0 amide bonds. The molecule has 1 saturated carbocycles. The number of nitrogens with zero attached hydrogens (tertiary/aromatic N) is 2. The van der Waals surface area contributed by atoms with Crippen molar-refractivity contribution in [3.63, 3.8) is 0 Å². The lowest BCUT2D eigenvalue weighted by molar-refractivity contribution is 0.402. The second-order valence-electron chi connectivity index (χ2n) is 5.69. The lowest BCUT2D eigenvalue weighted by Gasteiger charge is -2.15. The minimum atomic E-state index is -3.88. The van der Waals surface area contributed by atoms with E-state index >= 15 is 0 Å². The van der Waals surface area contributed by atoms with Crippen LogP contribution < -0.4 is 0 Å². The summed E-state index contributed by atoms with van der Waals surface area (Å²) in [6.07, 6.45) is 6.66. The topological polar surface area (TPSA) is 52.0 Å². The van der Waals surface area contributed by atoms with Crippen LogP contribution in [0.3, 0.4) is 0 Å². The maximum atomic E-state index is 11.8. The molecule has 1 aromatic rings. The highest BCUT2D eigenvalue weighted by atomic mass is 35.7. The zero-order chi connectivity index (χ0) is 14.9. The fourth-order valence-electron chi connectivity index (χ4n) is 2.76. The van der Waals surface area contributed by atoms with Crippen LogP contribution in [0.15, 0.2) is 4.90 Å². The molecule has 2 rings (SSSR count). The van der Waals surface area contributed by atoms with E-state index in [9.17, 15) is 8.42 Å². The van der Waals surface area contributed by atoms with Gasteiger partial charge in [0.15, 0.2) is 0 Å². The molecule has 20 heavy (non-hydrogen) atoms. The van der Waals surface area contributed by atoms with Crippen molar-refractivity contribution in [3.8, 4) is 0 Å². The Hall–Kier alpha value is -0.260. The van der Waals surface area contributed by atoms with Gasteiger partial charge in [-0.15, -0.1) is 0 Å². The molecule has 0 N–H and O–H groups in total. The van der Waals surface area contributed by atoms with E-state index < -0.39 is 9.05 Å². The van der Waals surface area contributed by atoms with Gasteiger partial charge in [-0.1, -0.05) is 51.1 Å².